The summed E-state index contributed by atoms with van der Waals surface area (Å²) in [7, 11) is 0.985. The Hall–Kier alpha value is -0.373. The lowest BCUT2D eigenvalue weighted by molar-refractivity contribution is -0.112. The van der Waals surface area contributed by atoms with Crippen LogP contribution in [0, 0.1) is 0 Å². The van der Waals surface area contributed by atoms with Gasteiger partial charge in [-0.15, -0.1) is 5.70 Å². The number of carbonyl (C=O) groups excluding carboxylic acids is 1. The Labute approximate surface area is 40.5 Å². The summed E-state index contributed by atoms with van der Waals surface area (Å²) in [5.41, 5.74) is 1.86. The molecular formula is C4H8OSi. The van der Waals surface area contributed by atoms with Crippen LogP contribution in [0.1, 0.15) is 6.92 Å². The van der Waals surface area contributed by atoms with Crippen molar-refractivity contribution in [3.8, 4) is 0 Å². The average Bonchev–Trinajstić information content (AvgIpc) is 1.35. The molecule has 0 aliphatic rings. The van der Waals surface area contributed by atoms with E-state index in [1.807, 2.05) is 5.70 Å². The molecule has 0 atom stereocenters. The maximum absolute atomic E-state index is 9.98. The zero-order valence-electron chi connectivity index (χ0n) is 4.06. The highest BCUT2D eigenvalue weighted by Gasteiger charge is 1.72. The second kappa shape index (κ2) is 2.84. The fraction of sp³-hybridized carbons (Fsp3) is 0.250. The fourth-order valence-corrected chi connectivity index (χ4v) is 0.704. The first-order valence-electron chi connectivity index (χ1n) is 1.90. The molecule has 0 amide bonds. The van der Waals surface area contributed by atoms with Crippen LogP contribution in [0.2, 0.25) is 0 Å². The van der Waals surface area contributed by atoms with Gasteiger partial charge in [0.25, 0.3) is 0 Å². The van der Waals surface area contributed by atoms with E-state index in [-0.39, 0.29) is 5.78 Å². The van der Waals surface area contributed by atoms with E-state index in [1.165, 1.54) is 0 Å². The standard InChI is InChI=1S/C4H8OSi/c1-4(5)2-3-6/h2-3H,1,6H3. The summed E-state index contributed by atoms with van der Waals surface area (Å²) in [4.78, 5) is 9.98. The van der Waals surface area contributed by atoms with Crippen molar-refractivity contribution < 1.29 is 4.79 Å². The summed E-state index contributed by atoms with van der Waals surface area (Å²) < 4.78 is 0. The summed E-state index contributed by atoms with van der Waals surface area (Å²) in [6.07, 6.45) is 1.59. The van der Waals surface area contributed by atoms with Gasteiger partial charge in [0.15, 0.2) is 5.78 Å². The van der Waals surface area contributed by atoms with E-state index >= 15 is 0 Å². The molecule has 0 aromatic carbocycles. The SMILES string of the molecule is CC(=O)C=C[SiH3]. The molecule has 0 spiro atoms. The van der Waals surface area contributed by atoms with Crippen molar-refractivity contribution in [3.05, 3.63) is 11.8 Å². The number of rotatable bonds is 1. The van der Waals surface area contributed by atoms with Crippen molar-refractivity contribution in [2.75, 3.05) is 0 Å². The van der Waals surface area contributed by atoms with Crippen molar-refractivity contribution >= 4 is 16.0 Å². The summed E-state index contributed by atoms with van der Waals surface area (Å²) in [5.74, 6) is 0.144. The quantitative estimate of drug-likeness (QED) is 0.319. The van der Waals surface area contributed by atoms with Gasteiger partial charge in [-0.3, -0.25) is 4.79 Å². The van der Waals surface area contributed by atoms with Crippen molar-refractivity contribution in [1.82, 2.24) is 0 Å². The van der Waals surface area contributed by atoms with E-state index in [2.05, 4.69) is 0 Å². The molecule has 0 N–H and O–H groups in total. The second-order valence-electron chi connectivity index (χ2n) is 1.11. The molecule has 0 unspecified atom stereocenters. The van der Waals surface area contributed by atoms with E-state index in [1.54, 1.807) is 13.0 Å². The minimum absolute atomic E-state index is 0.144. The maximum Gasteiger partial charge on any atom is 0.151 e. The Kier molecular flexibility index (Phi) is 2.67. The van der Waals surface area contributed by atoms with Gasteiger partial charge in [-0.25, -0.2) is 0 Å². The van der Waals surface area contributed by atoms with Crippen LogP contribution in [-0.2, 0) is 4.79 Å². The molecular weight excluding hydrogens is 92.1 g/mol. The molecule has 0 aliphatic carbocycles. The molecule has 34 valence electrons. The van der Waals surface area contributed by atoms with Gasteiger partial charge in [0.1, 0.15) is 0 Å². The van der Waals surface area contributed by atoms with Gasteiger partial charge in [-0.2, -0.15) is 0 Å². The summed E-state index contributed by atoms with van der Waals surface area (Å²) in [6.45, 7) is 1.55. The zero-order valence-corrected chi connectivity index (χ0v) is 6.06. The highest BCUT2D eigenvalue weighted by atomic mass is 28.1. The van der Waals surface area contributed by atoms with Gasteiger partial charge in [0, 0.05) is 10.2 Å². The average molecular weight is 100 g/mol. The van der Waals surface area contributed by atoms with E-state index in [9.17, 15) is 4.79 Å². The van der Waals surface area contributed by atoms with Crippen LogP contribution in [0.4, 0.5) is 0 Å². The minimum Gasteiger partial charge on any atom is -0.295 e. The summed E-state index contributed by atoms with van der Waals surface area (Å²) in [5, 5.41) is 0. The third kappa shape index (κ3) is 3.63. The Balaban J connectivity index is 3.30. The molecule has 6 heavy (non-hydrogen) atoms. The molecule has 0 saturated carbocycles. The lowest BCUT2D eigenvalue weighted by Gasteiger charge is -1.68. The van der Waals surface area contributed by atoms with Gasteiger partial charge < -0.3 is 0 Å². The highest BCUT2D eigenvalue weighted by molar-refractivity contribution is 6.18. The second-order valence-corrected chi connectivity index (χ2v) is 1.78. The van der Waals surface area contributed by atoms with Crippen molar-refractivity contribution in [2.45, 2.75) is 6.92 Å². The first-order chi connectivity index (χ1) is 2.77. The van der Waals surface area contributed by atoms with Crippen molar-refractivity contribution in [1.29, 1.82) is 0 Å². The Morgan fingerprint density at radius 3 is 2.33 bits per heavy atom. The number of carbonyl (C=O) groups is 1. The van der Waals surface area contributed by atoms with E-state index in [4.69, 9.17) is 0 Å². The molecule has 0 saturated heterocycles. The number of ketones is 1. The first kappa shape index (κ1) is 5.63. The zero-order chi connectivity index (χ0) is 4.99. The highest BCUT2D eigenvalue weighted by Crippen LogP contribution is 1.66. The lowest BCUT2D eigenvalue weighted by atomic mass is 10.5. The third-order valence-corrected chi connectivity index (χ3v) is 0.735. The predicted molar refractivity (Wildman–Crippen MR) is 29.8 cm³/mol. The predicted octanol–water partition coefficient (Wildman–Crippen LogP) is -0.546. The van der Waals surface area contributed by atoms with Crippen molar-refractivity contribution in [2.24, 2.45) is 0 Å². The van der Waals surface area contributed by atoms with E-state index in [0.29, 0.717) is 0 Å². The lowest BCUT2D eigenvalue weighted by Crippen LogP contribution is -1.77. The Bertz CT molecular complexity index is 75.6. The molecule has 2 heteroatoms. The normalized spacial score (nSPS) is 10.2. The molecule has 0 bridgehead atoms. The van der Waals surface area contributed by atoms with Gasteiger partial charge in [0.2, 0.25) is 0 Å². The van der Waals surface area contributed by atoms with Crippen LogP contribution >= 0.6 is 0 Å². The number of hydrogen-bond acceptors (Lipinski definition) is 1. The molecule has 0 aromatic heterocycles. The van der Waals surface area contributed by atoms with Crippen LogP contribution in [0.5, 0.6) is 0 Å². The van der Waals surface area contributed by atoms with Gasteiger partial charge in [0.05, 0.1) is 0 Å². The summed E-state index contributed by atoms with van der Waals surface area (Å²) >= 11 is 0. The van der Waals surface area contributed by atoms with Crippen LogP contribution in [0.15, 0.2) is 11.8 Å². The molecule has 0 fully saturated rings. The van der Waals surface area contributed by atoms with Gasteiger partial charge >= 0.3 is 0 Å². The van der Waals surface area contributed by atoms with Gasteiger partial charge in [-0.05, 0) is 13.0 Å². The monoisotopic (exact) mass is 100 g/mol. The Morgan fingerprint density at radius 1 is 1.83 bits per heavy atom. The largest absolute Gasteiger partial charge is 0.295 e. The van der Waals surface area contributed by atoms with Crippen LogP contribution < -0.4 is 0 Å². The third-order valence-electron chi connectivity index (χ3n) is 0.401. The fourth-order valence-electron chi connectivity index (χ4n) is 0.235. The first-order valence-corrected chi connectivity index (χ1v) is 3.06. The molecule has 0 aliphatic heterocycles. The van der Waals surface area contributed by atoms with Gasteiger partial charge in [-0.1, -0.05) is 0 Å². The van der Waals surface area contributed by atoms with Crippen molar-refractivity contribution in [3.63, 3.8) is 0 Å². The molecule has 1 nitrogen and oxygen atoms in total. The van der Waals surface area contributed by atoms with Crippen LogP contribution in [0.3, 0.4) is 0 Å². The van der Waals surface area contributed by atoms with Crippen LogP contribution in [0.25, 0.3) is 0 Å². The smallest absolute Gasteiger partial charge is 0.151 e. The number of hydrogen-bond donors (Lipinski definition) is 0. The number of allylic oxidation sites excluding steroid dienone is 1. The molecule has 0 rings (SSSR count). The van der Waals surface area contributed by atoms with E-state index < -0.39 is 0 Å². The topological polar surface area (TPSA) is 17.1 Å². The maximum atomic E-state index is 9.98. The molecule has 0 heterocycles. The Morgan fingerprint density at radius 2 is 2.33 bits per heavy atom. The van der Waals surface area contributed by atoms with Crippen LogP contribution in [-0.4, -0.2) is 16.0 Å². The molecule has 0 aromatic rings. The minimum atomic E-state index is 0.144. The van der Waals surface area contributed by atoms with E-state index in [0.717, 1.165) is 10.2 Å². The molecule has 0 radical (unpaired) electrons. The summed E-state index contributed by atoms with van der Waals surface area (Å²) in [6, 6.07) is 0.